The molecule has 0 spiro atoms. The third kappa shape index (κ3) is 20.2. The van der Waals surface area contributed by atoms with Gasteiger partial charge in [-0.2, -0.15) is 0 Å². The Balaban J connectivity index is 0.000000301. The number of carbonyl (C=O) groups excluding carboxylic acids is 10. The van der Waals surface area contributed by atoms with Crippen molar-refractivity contribution in [1.82, 2.24) is 9.80 Å². The van der Waals surface area contributed by atoms with Gasteiger partial charge in [0.25, 0.3) is 0 Å². The lowest BCUT2D eigenvalue weighted by molar-refractivity contribution is -0.158. The van der Waals surface area contributed by atoms with Crippen molar-refractivity contribution in [1.29, 1.82) is 0 Å². The van der Waals surface area contributed by atoms with Gasteiger partial charge in [-0.1, -0.05) is 90.2 Å². The number of hydrogen-bond donors (Lipinski definition) is 0. The van der Waals surface area contributed by atoms with E-state index in [9.17, 15) is 47.9 Å². The molecule has 0 aromatic rings. The molecular weight excluding hydrogens is 1050 g/mol. The molecule has 6 unspecified atom stereocenters. The van der Waals surface area contributed by atoms with Gasteiger partial charge in [0.2, 0.25) is 11.8 Å². The van der Waals surface area contributed by atoms with Crippen molar-refractivity contribution in [3.05, 3.63) is 12.2 Å². The van der Waals surface area contributed by atoms with E-state index in [1.165, 1.54) is 28.1 Å². The zero-order valence-electron chi connectivity index (χ0n) is 51.3. The smallest absolute Gasteiger partial charge is 0.305 e. The second-order valence-electron chi connectivity index (χ2n) is 25.7. The van der Waals surface area contributed by atoms with Gasteiger partial charge < -0.3 is 38.2 Å². The summed E-state index contributed by atoms with van der Waals surface area (Å²) in [6.45, 7) is 15.2. The number of methoxy groups -OCH3 is 2. The summed E-state index contributed by atoms with van der Waals surface area (Å²) in [7, 11) is 2.51. The van der Waals surface area contributed by atoms with Gasteiger partial charge in [0.1, 0.15) is 0 Å². The Bertz CT molecular complexity index is 2230. The van der Waals surface area contributed by atoms with Gasteiger partial charge in [0.05, 0.1) is 62.6 Å². The third-order valence-corrected chi connectivity index (χ3v) is 17.8. The Hall–Kier alpha value is -4.84. The largest absolute Gasteiger partial charge is 0.469 e. The highest BCUT2D eigenvalue weighted by molar-refractivity contribution is 5.94. The minimum Gasteiger partial charge on any atom is -0.469 e. The summed E-state index contributed by atoms with van der Waals surface area (Å²) in [6.07, 6.45) is 18.9. The van der Waals surface area contributed by atoms with Crippen LogP contribution < -0.4 is 0 Å². The van der Waals surface area contributed by atoms with Gasteiger partial charge in [-0.15, -0.1) is 0 Å². The Morgan fingerprint density at radius 2 is 0.866 bits per heavy atom. The van der Waals surface area contributed by atoms with Crippen LogP contribution in [0.2, 0.25) is 0 Å². The van der Waals surface area contributed by atoms with Crippen LogP contribution in [0.25, 0.3) is 0 Å². The number of carbonyl (C=O) groups is 10. The molecular formula is C64H100N2O16. The summed E-state index contributed by atoms with van der Waals surface area (Å²) in [5.41, 5.74) is -0.770. The average molecular weight is 1150 g/mol. The first-order valence-electron chi connectivity index (χ1n) is 31.1. The van der Waals surface area contributed by atoms with Crippen molar-refractivity contribution in [3.8, 4) is 0 Å². The fraction of sp³-hybridized carbons (Fsp3) is 0.812. The molecule has 5 saturated heterocycles. The summed E-state index contributed by atoms with van der Waals surface area (Å²) in [5.74, 6) is -5.01. The molecule has 0 aliphatic carbocycles. The number of hydrogen-bond acceptors (Lipinski definition) is 16. The molecule has 0 saturated carbocycles. The third-order valence-electron chi connectivity index (χ3n) is 17.8. The Morgan fingerprint density at radius 1 is 0.524 bits per heavy atom. The maximum absolute atomic E-state index is 14.2. The normalized spacial score (nSPS) is 30.4. The standard InChI is InChI=1S/C32H51NO8.C32H49NO8/c2*1-21-14-12-10-8-6-7-9-11-13-15-23(30(40-22(2)34)25(35)16-17-28(37)39-5)18-26(36)29-24-19-32(3,4)41-27(24)20-33(29)31(21)38/h21,23-24,27,29-30H,6-20H2,1-5H3;6-7,21,23-24,27,29-30H,8-20H2,1-5H3/t2*21-,23+,24-,27?,29?,30?/m00/s1. The molecule has 0 N–H and O–H groups in total. The quantitative estimate of drug-likeness (QED) is 0.100. The van der Waals surface area contributed by atoms with Crippen molar-refractivity contribution >= 4 is 58.8 Å². The fourth-order valence-corrected chi connectivity index (χ4v) is 13.8. The van der Waals surface area contributed by atoms with Gasteiger partial charge in [0, 0.05) is 88.1 Å². The van der Waals surface area contributed by atoms with Crippen LogP contribution >= 0.6 is 0 Å². The molecule has 12 atom stereocenters. The van der Waals surface area contributed by atoms with Gasteiger partial charge in [-0.05, 0) is 91.9 Å². The van der Waals surface area contributed by atoms with Crippen LogP contribution in [0.1, 0.15) is 222 Å². The monoisotopic (exact) mass is 1150 g/mol. The molecule has 6 heterocycles. The molecule has 6 rings (SSSR count). The summed E-state index contributed by atoms with van der Waals surface area (Å²) < 4.78 is 33.1. The van der Waals surface area contributed by atoms with Crippen LogP contribution in [0.4, 0.5) is 0 Å². The number of esters is 4. The van der Waals surface area contributed by atoms with Gasteiger partial charge >= 0.3 is 23.9 Å². The molecule has 0 radical (unpaired) electrons. The second kappa shape index (κ2) is 32.4. The molecule has 0 aromatic carbocycles. The molecule has 18 heteroatoms. The zero-order chi connectivity index (χ0) is 60.3. The average Bonchev–Trinajstić information content (AvgIpc) is 4.14. The van der Waals surface area contributed by atoms with Crippen molar-refractivity contribution in [3.63, 3.8) is 0 Å². The highest BCUT2D eigenvalue weighted by atomic mass is 16.6. The number of fused-ring (bicyclic) bond motifs is 6. The predicted molar refractivity (Wildman–Crippen MR) is 306 cm³/mol. The highest BCUT2D eigenvalue weighted by Gasteiger charge is 2.57. The SMILES string of the molecule is COC(=O)CCC(=O)C(OC(C)=O)[C@@H]1CCCCC=CCCCC[C@H](C)C(=O)N2CC3OC(C)(C)C[C@@H]3C2C(=O)C1.COC(=O)CCC(=O)C(OC(C)=O)[C@@H]1CCCCCCCCCC[C@H](C)C(=O)N2CC3OC(C)(C)C[C@@H]3C2C(=O)C1. The van der Waals surface area contributed by atoms with E-state index in [0.29, 0.717) is 38.8 Å². The number of rotatable bonds is 12. The zero-order valence-corrected chi connectivity index (χ0v) is 51.3. The topological polar surface area (TPSA) is 233 Å². The molecule has 82 heavy (non-hydrogen) atoms. The molecule has 462 valence electrons. The fourth-order valence-electron chi connectivity index (χ4n) is 13.8. The van der Waals surface area contributed by atoms with Crippen molar-refractivity contribution < 1.29 is 76.4 Å². The van der Waals surface area contributed by atoms with Gasteiger partial charge in [-0.25, -0.2) is 0 Å². The molecule has 0 aromatic heterocycles. The number of amides is 2. The van der Waals surface area contributed by atoms with Gasteiger partial charge in [-0.3, -0.25) is 47.9 Å². The molecule has 2 amide bonds. The molecule has 18 nitrogen and oxygen atoms in total. The lowest BCUT2D eigenvalue weighted by Crippen LogP contribution is -2.47. The lowest BCUT2D eigenvalue weighted by atomic mass is 9.81. The highest BCUT2D eigenvalue weighted by Crippen LogP contribution is 2.46. The van der Waals surface area contributed by atoms with Crippen molar-refractivity contribution in [2.45, 2.75) is 270 Å². The van der Waals surface area contributed by atoms with Crippen LogP contribution in [0.15, 0.2) is 12.2 Å². The first-order valence-corrected chi connectivity index (χ1v) is 31.1. The van der Waals surface area contributed by atoms with E-state index < -0.39 is 65.8 Å². The summed E-state index contributed by atoms with van der Waals surface area (Å²) in [6, 6.07) is -1.27. The van der Waals surface area contributed by atoms with E-state index in [0.717, 1.165) is 103 Å². The van der Waals surface area contributed by atoms with Crippen LogP contribution in [0.5, 0.6) is 0 Å². The van der Waals surface area contributed by atoms with Gasteiger partial charge in [0.15, 0.2) is 35.3 Å². The number of nitrogens with zero attached hydrogens (tertiary/aromatic N) is 2. The maximum atomic E-state index is 14.2. The lowest BCUT2D eigenvalue weighted by Gasteiger charge is -2.32. The van der Waals surface area contributed by atoms with Crippen molar-refractivity contribution in [2.75, 3.05) is 27.3 Å². The van der Waals surface area contributed by atoms with Crippen molar-refractivity contribution in [2.24, 2.45) is 35.5 Å². The summed E-state index contributed by atoms with van der Waals surface area (Å²) in [4.78, 5) is 134. The summed E-state index contributed by atoms with van der Waals surface area (Å²) in [5, 5.41) is 0. The van der Waals surface area contributed by atoms with E-state index in [4.69, 9.17) is 18.9 Å². The Labute approximate surface area is 488 Å². The molecule has 0 bridgehead atoms. The molecule has 6 aliphatic rings. The van der Waals surface area contributed by atoms with E-state index >= 15 is 0 Å². The van der Waals surface area contributed by atoms with Crippen LogP contribution in [-0.2, 0) is 76.4 Å². The molecule has 6 aliphatic heterocycles. The predicted octanol–water partition coefficient (Wildman–Crippen LogP) is 9.70. The van der Waals surface area contributed by atoms with Crippen LogP contribution in [-0.4, -0.2) is 144 Å². The first kappa shape index (κ1) is 67.9. The van der Waals surface area contributed by atoms with E-state index in [2.05, 4.69) is 21.6 Å². The van der Waals surface area contributed by atoms with E-state index in [-0.39, 0.29) is 115 Å². The number of allylic oxidation sites excluding steroid dienone is 2. The number of ketones is 4. The Morgan fingerprint density at radius 3 is 1.23 bits per heavy atom. The minimum atomic E-state index is -1.14. The second-order valence-corrected chi connectivity index (χ2v) is 25.7. The van der Waals surface area contributed by atoms with Crippen LogP contribution in [0, 0.1) is 35.5 Å². The summed E-state index contributed by atoms with van der Waals surface area (Å²) >= 11 is 0. The Kier molecular flexibility index (Phi) is 26.9. The number of ether oxygens (including phenoxy) is 6. The minimum absolute atomic E-state index is 0.00419. The first-order chi connectivity index (χ1) is 38.9. The molecule has 5 fully saturated rings. The van der Waals surface area contributed by atoms with E-state index in [1.54, 1.807) is 9.80 Å². The van der Waals surface area contributed by atoms with E-state index in [1.807, 2.05) is 41.5 Å². The number of Topliss-reactive ketones (excluding diaryl/α,β-unsaturated/α-hetero) is 4. The maximum Gasteiger partial charge on any atom is 0.305 e. The van der Waals surface area contributed by atoms with Crippen LogP contribution in [0.3, 0.4) is 0 Å².